The van der Waals surface area contributed by atoms with Gasteiger partial charge in [-0.2, -0.15) is 5.06 Å². The van der Waals surface area contributed by atoms with Crippen molar-refractivity contribution in [3.05, 3.63) is 0 Å². The molecule has 106 valence electrons. The number of halogens is 1. The number of hydroxylamine groups is 2. The van der Waals surface area contributed by atoms with Gasteiger partial charge in [-0.25, -0.2) is 0 Å². The Morgan fingerprint density at radius 3 is 2.28 bits per heavy atom. The summed E-state index contributed by atoms with van der Waals surface area (Å²) < 4.78 is 5.48. The van der Waals surface area contributed by atoms with E-state index in [1.807, 2.05) is 27.7 Å². The van der Waals surface area contributed by atoms with Crippen molar-refractivity contribution in [2.24, 2.45) is 0 Å². The Morgan fingerprint density at radius 1 is 1.33 bits per heavy atom. The molecule has 0 saturated carbocycles. The van der Waals surface area contributed by atoms with Crippen molar-refractivity contribution in [2.45, 2.75) is 70.6 Å². The molecular weight excluding hydrogens is 254 g/mol. The highest BCUT2D eigenvalue weighted by Gasteiger charge is 2.46. The van der Waals surface area contributed by atoms with Gasteiger partial charge in [0.25, 0.3) is 0 Å². The van der Waals surface area contributed by atoms with Crippen LogP contribution in [0.15, 0.2) is 0 Å². The molecule has 0 atom stereocenters. The Kier molecular flexibility index (Phi) is 5.04. The summed E-state index contributed by atoms with van der Waals surface area (Å²) in [5.74, 6) is 0.278. The number of esters is 1. The predicted octanol–water partition coefficient (Wildman–Crippen LogP) is 2.96. The molecule has 0 aromatic heterocycles. The lowest BCUT2D eigenvalue weighted by Gasteiger charge is -2.50. The molecule has 0 aliphatic carbocycles. The lowest BCUT2D eigenvalue weighted by molar-refractivity contribution is -0.259. The van der Waals surface area contributed by atoms with Crippen LogP contribution < -0.4 is 0 Å². The Bertz CT molecular complexity index is 287. The van der Waals surface area contributed by atoms with Crippen molar-refractivity contribution in [2.75, 3.05) is 5.88 Å². The number of alkyl halides is 1. The van der Waals surface area contributed by atoms with Crippen molar-refractivity contribution in [3.63, 3.8) is 0 Å². The number of carbonyl (C=O) groups excluding carboxylic acids is 1. The minimum atomic E-state index is -0.390. The maximum Gasteiger partial charge on any atom is 0.306 e. The molecule has 1 aliphatic rings. The molecule has 0 spiro atoms. The van der Waals surface area contributed by atoms with Crippen LogP contribution in [0.5, 0.6) is 0 Å². The number of hydrogen-bond donors (Lipinski definition) is 1. The summed E-state index contributed by atoms with van der Waals surface area (Å²) in [6, 6.07) is 0. The highest BCUT2D eigenvalue weighted by molar-refractivity contribution is 6.17. The molecule has 1 fully saturated rings. The first-order valence-electron chi connectivity index (χ1n) is 6.44. The second kappa shape index (κ2) is 5.76. The molecule has 18 heavy (non-hydrogen) atoms. The molecule has 1 rings (SSSR count). The Morgan fingerprint density at radius 2 is 1.83 bits per heavy atom. The van der Waals surface area contributed by atoms with Gasteiger partial charge in [-0.15, -0.1) is 11.6 Å². The van der Waals surface area contributed by atoms with Crippen LogP contribution >= 0.6 is 11.6 Å². The number of carbonyl (C=O) groups is 1. The maximum atomic E-state index is 11.6. The van der Waals surface area contributed by atoms with Gasteiger partial charge in [-0.05, 0) is 34.1 Å². The largest absolute Gasteiger partial charge is 0.462 e. The smallest absolute Gasteiger partial charge is 0.306 e. The van der Waals surface area contributed by atoms with E-state index in [0.29, 0.717) is 31.6 Å². The van der Waals surface area contributed by atoms with Crippen molar-refractivity contribution in [1.29, 1.82) is 0 Å². The first-order valence-corrected chi connectivity index (χ1v) is 6.97. The minimum Gasteiger partial charge on any atom is -0.462 e. The normalized spacial score (nSPS) is 23.9. The Balaban J connectivity index is 2.61. The number of hydrogen-bond acceptors (Lipinski definition) is 4. The van der Waals surface area contributed by atoms with Gasteiger partial charge >= 0.3 is 5.97 Å². The summed E-state index contributed by atoms with van der Waals surface area (Å²) in [5, 5.41) is 11.5. The van der Waals surface area contributed by atoms with Gasteiger partial charge in [0.05, 0.1) is 0 Å². The van der Waals surface area contributed by atoms with Crippen LogP contribution in [0.1, 0.15) is 53.4 Å². The van der Waals surface area contributed by atoms with Gasteiger partial charge < -0.3 is 9.94 Å². The molecule has 0 bridgehead atoms. The average molecular weight is 278 g/mol. The molecule has 1 saturated heterocycles. The molecule has 0 aromatic rings. The number of rotatable bonds is 4. The monoisotopic (exact) mass is 277 g/mol. The van der Waals surface area contributed by atoms with Gasteiger partial charge in [0.15, 0.2) is 0 Å². The third-order valence-corrected chi connectivity index (χ3v) is 3.68. The van der Waals surface area contributed by atoms with E-state index in [9.17, 15) is 10.0 Å². The molecule has 1 heterocycles. The zero-order valence-corrected chi connectivity index (χ0v) is 12.5. The van der Waals surface area contributed by atoms with Crippen LogP contribution in [0.25, 0.3) is 0 Å². The Hall–Kier alpha value is -0.320. The fourth-order valence-electron chi connectivity index (χ4n) is 2.72. The van der Waals surface area contributed by atoms with Crippen LogP contribution in [0.4, 0.5) is 0 Å². The summed E-state index contributed by atoms with van der Waals surface area (Å²) in [5.41, 5.74) is -0.779. The zero-order chi connectivity index (χ0) is 14.0. The molecule has 0 amide bonds. The second-order valence-electron chi connectivity index (χ2n) is 6.25. The maximum absolute atomic E-state index is 11.6. The number of nitrogens with zero attached hydrogens (tertiary/aromatic N) is 1. The molecule has 4 nitrogen and oxygen atoms in total. The summed E-state index contributed by atoms with van der Waals surface area (Å²) in [7, 11) is 0. The van der Waals surface area contributed by atoms with E-state index in [0.717, 1.165) is 0 Å². The Labute approximate surface area is 114 Å². The van der Waals surface area contributed by atoms with Crippen molar-refractivity contribution < 1.29 is 14.7 Å². The molecule has 0 radical (unpaired) electrons. The van der Waals surface area contributed by atoms with E-state index in [1.165, 1.54) is 5.06 Å². The minimum absolute atomic E-state index is 0.138. The molecular formula is C13H24ClNO3. The van der Waals surface area contributed by atoms with Gasteiger partial charge in [0.1, 0.15) is 6.10 Å². The van der Waals surface area contributed by atoms with Gasteiger partial charge in [0.2, 0.25) is 0 Å². The average Bonchev–Trinajstić information content (AvgIpc) is 2.22. The predicted molar refractivity (Wildman–Crippen MR) is 70.9 cm³/mol. The fraction of sp³-hybridized carbons (Fsp3) is 0.923. The quantitative estimate of drug-likeness (QED) is 0.634. The summed E-state index contributed by atoms with van der Waals surface area (Å²) in [4.78, 5) is 11.6. The topological polar surface area (TPSA) is 49.8 Å². The standard InChI is InChI=1S/C13H24ClNO3/c1-12(2)8-10(9-13(3,4)15(12)17)18-11(16)6-5-7-14/h10,17H,5-9H2,1-4H3. The highest BCUT2D eigenvalue weighted by Crippen LogP contribution is 2.37. The van der Waals surface area contributed by atoms with Gasteiger partial charge in [-0.1, -0.05) is 0 Å². The highest BCUT2D eigenvalue weighted by atomic mass is 35.5. The molecule has 5 heteroatoms. The van der Waals surface area contributed by atoms with Gasteiger partial charge in [-0.3, -0.25) is 4.79 Å². The summed E-state index contributed by atoms with van der Waals surface area (Å²) in [6.07, 6.45) is 2.15. The van der Waals surface area contributed by atoms with E-state index in [1.54, 1.807) is 0 Å². The van der Waals surface area contributed by atoms with Crippen LogP contribution in [-0.2, 0) is 9.53 Å². The van der Waals surface area contributed by atoms with E-state index in [4.69, 9.17) is 16.3 Å². The number of piperidine rings is 1. The van der Waals surface area contributed by atoms with Crippen molar-refractivity contribution in [1.82, 2.24) is 5.06 Å². The number of ether oxygens (including phenoxy) is 1. The van der Waals surface area contributed by atoms with Gasteiger partial charge in [0, 0.05) is 36.2 Å². The van der Waals surface area contributed by atoms with Crippen molar-refractivity contribution >= 4 is 17.6 Å². The van der Waals surface area contributed by atoms with E-state index in [2.05, 4.69) is 0 Å². The molecule has 1 N–H and O–H groups in total. The van der Waals surface area contributed by atoms with Crippen LogP contribution in [0, 0.1) is 0 Å². The lowest BCUT2D eigenvalue weighted by Crippen LogP contribution is -2.60. The zero-order valence-electron chi connectivity index (χ0n) is 11.7. The lowest BCUT2D eigenvalue weighted by atomic mass is 9.80. The first kappa shape index (κ1) is 15.7. The molecule has 1 aliphatic heterocycles. The molecule has 0 unspecified atom stereocenters. The second-order valence-corrected chi connectivity index (χ2v) is 6.63. The third-order valence-electron chi connectivity index (χ3n) is 3.41. The van der Waals surface area contributed by atoms with Crippen LogP contribution in [0.2, 0.25) is 0 Å². The molecule has 0 aromatic carbocycles. The van der Waals surface area contributed by atoms with Crippen LogP contribution in [0.3, 0.4) is 0 Å². The van der Waals surface area contributed by atoms with E-state index < -0.39 is 0 Å². The third kappa shape index (κ3) is 3.84. The van der Waals surface area contributed by atoms with Crippen molar-refractivity contribution in [3.8, 4) is 0 Å². The SMILES string of the molecule is CC1(C)CC(OC(=O)CCCCl)CC(C)(C)N1O. The van der Waals surface area contributed by atoms with Crippen LogP contribution in [-0.4, -0.2) is 39.3 Å². The summed E-state index contributed by atoms with van der Waals surface area (Å²) >= 11 is 5.55. The summed E-state index contributed by atoms with van der Waals surface area (Å²) in [6.45, 7) is 7.81. The first-order chi connectivity index (χ1) is 8.19. The van der Waals surface area contributed by atoms with E-state index >= 15 is 0 Å². The fourth-order valence-corrected chi connectivity index (χ4v) is 2.85. The van der Waals surface area contributed by atoms with E-state index in [-0.39, 0.29) is 23.2 Å².